The van der Waals surface area contributed by atoms with Crippen molar-refractivity contribution in [3.63, 3.8) is 0 Å². The number of nitrogens with one attached hydrogen (secondary N) is 2. The normalized spacial score (nSPS) is 11.6. The Morgan fingerprint density at radius 1 is 0.861 bits per heavy atom. The molecule has 0 heterocycles. The highest BCUT2D eigenvalue weighted by atomic mass is 35.5. The highest BCUT2D eigenvalue weighted by Crippen LogP contribution is 2.42. The lowest BCUT2D eigenvalue weighted by atomic mass is 10.1. The number of aryl methyl sites for hydroxylation is 1. The smallest absolute Gasteiger partial charge is 0.338 e. The molecule has 3 aromatic rings. The molecule has 1 atom stereocenters. The minimum atomic E-state index is -1.49. The molecule has 3 rings (SSSR count). The Morgan fingerprint density at radius 3 is 2.06 bits per heavy atom. The zero-order chi connectivity index (χ0) is 26.6. The van der Waals surface area contributed by atoms with Crippen LogP contribution in [-0.4, -0.2) is 28.1 Å². The average Bonchev–Trinajstić information content (AvgIpc) is 2.84. The van der Waals surface area contributed by atoms with Crippen molar-refractivity contribution in [1.29, 1.82) is 0 Å². The van der Waals surface area contributed by atoms with Crippen molar-refractivity contribution in [2.24, 2.45) is 0 Å². The van der Waals surface area contributed by atoms with Gasteiger partial charge >= 0.3 is 5.97 Å². The lowest BCUT2D eigenvalue weighted by Gasteiger charge is -2.16. The predicted molar refractivity (Wildman–Crippen MR) is 148 cm³/mol. The van der Waals surface area contributed by atoms with Crippen LogP contribution in [0.15, 0.2) is 53.4 Å². The van der Waals surface area contributed by atoms with Gasteiger partial charge in [-0.1, -0.05) is 77.1 Å². The van der Waals surface area contributed by atoms with Gasteiger partial charge in [0.15, 0.2) is 0 Å². The monoisotopic (exact) mass is 584 g/mol. The van der Waals surface area contributed by atoms with E-state index in [1.54, 1.807) is 24.3 Å². The molecule has 3 N–H and O–H groups in total. The molecule has 188 valence electrons. The molecule has 3 aromatic carbocycles. The molecule has 0 saturated heterocycles. The minimum Gasteiger partial charge on any atom is -0.478 e. The summed E-state index contributed by atoms with van der Waals surface area (Å²) >= 11 is 25.5. The Bertz CT molecular complexity index is 1330. The van der Waals surface area contributed by atoms with Crippen LogP contribution in [0.3, 0.4) is 0 Å². The summed E-state index contributed by atoms with van der Waals surface area (Å²) in [6.45, 7) is 3.87. The van der Waals surface area contributed by atoms with Crippen LogP contribution >= 0.6 is 58.2 Å². The summed E-state index contributed by atoms with van der Waals surface area (Å²) < 4.78 is 0. The Balaban J connectivity index is 1.81. The van der Waals surface area contributed by atoms with Gasteiger partial charge in [0.2, 0.25) is 5.91 Å². The number of halogens is 4. The standard InChI is InChI=1S/C25H20Cl4N2O4S/c1-3-16(23(32)30-13-9-7-12(2)8-10-13)36-15-6-4-5-14(11-15)31-24(33)17-18(25(34)35)20(27)22(29)21(28)19(17)26/h4-11,16H,3H2,1-2H3,(H,30,32)(H,31,33)(H,34,35). The third-order valence-corrected chi connectivity index (χ3v) is 8.22. The second-order valence-corrected chi connectivity index (χ2v) is 10.5. The van der Waals surface area contributed by atoms with Gasteiger partial charge in [0.25, 0.3) is 5.91 Å². The maximum Gasteiger partial charge on any atom is 0.338 e. The molecule has 6 nitrogen and oxygen atoms in total. The van der Waals surface area contributed by atoms with Gasteiger partial charge in [0, 0.05) is 16.3 Å². The number of anilines is 2. The number of carbonyl (C=O) groups is 3. The summed E-state index contributed by atoms with van der Waals surface area (Å²) in [6, 6.07) is 14.3. The second kappa shape index (κ2) is 12.2. The number of amides is 2. The molecule has 0 aliphatic rings. The van der Waals surface area contributed by atoms with Crippen LogP contribution < -0.4 is 10.6 Å². The molecule has 1 unspecified atom stereocenters. The molecule has 0 saturated carbocycles. The first-order chi connectivity index (χ1) is 17.0. The van der Waals surface area contributed by atoms with E-state index in [1.165, 1.54) is 11.8 Å². The Morgan fingerprint density at radius 2 is 1.47 bits per heavy atom. The molecule has 36 heavy (non-hydrogen) atoms. The van der Waals surface area contributed by atoms with Crippen LogP contribution in [0.25, 0.3) is 0 Å². The maximum absolute atomic E-state index is 13.0. The number of hydrogen-bond donors (Lipinski definition) is 3. The third-order valence-electron chi connectivity index (χ3n) is 5.06. The Hall–Kier alpha value is -2.42. The lowest BCUT2D eigenvalue weighted by molar-refractivity contribution is -0.115. The molecule has 0 fully saturated rings. The average molecular weight is 586 g/mol. The van der Waals surface area contributed by atoms with E-state index in [0.717, 1.165) is 10.5 Å². The first kappa shape index (κ1) is 28.2. The summed E-state index contributed by atoms with van der Waals surface area (Å²) in [5.74, 6) is -2.46. The van der Waals surface area contributed by atoms with Crippen molar-refractivity contribution in [1.82, 2.24) is 0 Å². The first-order valence-electron chi connectivity index (χ1n) is 10.6. The lowest BCUT2D eigenvalue weighted by Crippen LogP contribution is -2.24. The van der Waals surface area contributed by atoms with Gasteiger partial charge in [0.05, 0.1) is 36.5 Å². The van der Waals surface area contributed by atoms with Crippen LogP contribution in [-0.2, 0) is 4.79 Å². The van der Waals surface area contributed by atoms with Gasteiger partial charge in [-0.15, -0.1) is 11.8 Å². The molecular formula is C25H20Cl4N2O4S. The fourth-order valence-electron chi connectivity index (χ4n) is 3.23. The van der Waals surface area contributed by atoms with E-state index in [4.69, 9.17) is 46.4 Å². The fraction of sp³-hybridized carbons (Fsp3) is 0.160. The van der Waals surface area contributed by atoms with E-state index in [9.17, 15) is 19.5 Å². The van der Waals surface area contributed by atoms with Crippen molar-refractivity contribution in [2.45, 2.75) is 30.4 Å². The number of aromatic carboxylic acids is 1. The van der Waals surface area contributed by atoms with Crippen LogP contribution in [0.1, 0.15) is 39.6 Å². The second-order valence-electron chi connectivity index (χ2n) is 7.66. The molecular weight excluding hydrogens is 566 g/mol. The van der Waals surface area contributed by atoms with E-state index in [1.807, 2.05) is 38.1 Å². The number of hydrogen-bond acceptors (Lipinski definition) is 4. The van der Waals surface area contributed by atoms with Gasteiger partial charge in [-0.05, 0) is 43.7 Å². The van der Waals surface area contributed by atoms with Gasteiger partial charge in [-0.2, -0.15) is 0 Å². The summed E-state index contributed by atoms with van der Waals surface area (Å²) in [6.07, 6.45) is 0.568. The third kappa shape index (κ3) is 6.47. The van der Waals surface area contributed by atoms with Crippen LogP contribution in [0, 0.1) is 6.92 Å². The summed E-state index contributed by atoms with van der Waals surface area (Å²) in [5, 5.41) is 13.5. The van der Waals surface area contributed by atoms with Gasteiger partial charge in [0.1, 0.15) is 0 Å². The highest BCUT2D eigenvalue weighted by molar-refractivity contribution is 8.00. The van der Waals surface area contributed by atoms with Crippen molar-refractivity contribution >= 4 is 87.3 Å². The fourth-order valence-corrected chi connectivity index (χ4v) is 5.27. The predicted octanol–water partition coefficient (Wildman–Crippen LogP) is 8.07. The molecule has 0 bridgehead atoms. The van der Waals surface area contributed by atoms with Crippen LogP contribution in [0.5, 0.6) is 0 Å². The number of rotatable bonds is 8. The number of carboxylic acids is 1. The van der Waals surface area contributed by atoms with Crippen molar-refractivity contribution in [2.75, 3.05) is 10.6 Å². The molecule has 0 aliphatic heterocycles. The van der Waals surface area contributed by atoms with E-state index >= 15 is 0 Å². The van der Waals surface area contributed by atoms with Crippen LogP contribution in [0.2, 0.25) is 20.1 Å². The summed E-state index contributed by atoms with van der Waals surface area (Å²) in [4.78, 5) is 38.3. The number of thioether (sulfide) groups is 1. The first-order valence-corrected chi connectivity index (χ1v) is 13.0. The SMILES string of the molecule is CCC(Sc1cccc(NC(=O)c2c(Cl)c(Cl)c(Cl)c(Cl)c2C(=O)O)c1)C(=O)Nc1ccc(C)cc1. The Kier molecular flexibility index (Phi) is 9.55. The molecule has 0 aromatic heterocycles. The quantitative estimate of drug-likeness (QED) is 0.141. The van der Waals surface area contributed by atoms with Crippen molar-refractivity contribution in [3.8, 4) is 0 Å². The number of carboxylic acid groups (broad SMARTS) is 1. The number of benzene rings is 3. The van der Waals surface area contributed by atoms with Crippen LogP contribution in [0.4, 0.5) is 11.4 Å². The van der Waals surface area contributed by atoms with E-state index in [-0.39, 0.29) is 26.2 Å². The molecule has 2 amide bonds. The maximum atomic E-state index is 13.0. The molecule has 0 radical (unpaired) electrons. The Labute approximate surface area is 232 Å². The summed E-state index contributed by atoms with van der Waals surface area (Å²) in [7, 11) is 0. The number of carbonyl (C=O) groups excluding carboxylic acids is 2. The van der Waals surface area contributed by atoms with Gasteiger partial charge < -0.3 is 15.7 Å². The highest BCUT2D eigenvalue weighted by Gasteiger charge is 2.29. The van der Waals surface area contributed by atoms with E-state index in [2.05, 4.69) is 10.6 Å². The van der Waals surface area contributed by atoms with E-state index in [0.29, 0.717) is 17.8 Å². The largest absolute Gasteiger partial charge is 0.478 e. The van der Waals surface area contributed by atoms with Gasteiger partial charge in [-0.25, -0.2) is 4.79 Å². The molecule has 11 heteroatoms. The molecule has 0 spiro atoms. The minimum absolute atomic E-state index is 0.149. The summed E-state index contributed by atoms with van der Waals surface area (Å²) in [5.41, 5.74) is 1.18. The zero-order valence-electron chi connectivity index (χ0n) is 19.0. The van der Waals surface area contributed by atoms with Crippen molar-refractivity contribution < 1.29 is 19.5 Å². The topological polar surface area (TPSA) is 95.5 Å². The zero-order valence-corrected chi connectivity index (χ0v) is 22.8. The van der Waals surface area contributed by atoms with E-state index < -0.39 is 28.0 Å². The van der Waals surface area contributed by atoms with Crippen molar-refractivity contribution in [3.05, 3.63) is 85.3 Å². The molecule has 0 aliphatic carbocycles. The van der Waals surface area contributed by atoms with Gasteiger partial charge in [-0.3, -0.25) is 9.59 Å².